The Kier molecular flexibility index (Phi) is 5.54. The molecule has 0 radical (unpaired) electrons. The van der Waals surface area contributed by atoms with Crippen molar-refractivity contribution in [2.75, 3.05) is 11.9 Å². The predicted molar refractivity (Wildman–Crippen MR) is 111 cm³/mol. The zero-order chi connectivity index (χ0) is 19.5. The molecule has 6 nitrogen and oxygen atoms in total. The zero-order valence-electron chi connectivity index (χ0n) is 15.6. The molecule has 0 unspecified atom stereocenters. The topological polar surface area (TPSA) is 69.0 Å². The van der Waals surface area contributed by atoms with E-state index < -0.39 is 0 Å². The van der Waals surface area contributed by atoms with Gasteiger partial charge in [-0.25, -0.2) is 0 Å². The summed E-state index contributed by atoms with van der Waals surface area (Å²) in [6, 6.07) is 11.6. The van der Waals surface area contributed by atoms with E-state index in [1.807, 2.05) is 54.2 Å². The van der Waals surface area contributed by atoms with E-state index >= 15 is 0 Å². The molecule has 0 aliphatic carbocycles. The minimum absolute atomic E-state index is 0.192. The SMILES string of the molecule is Cc1nc(-c2cccc(Br)c2)ccc1C(=O)Nc1cnn(C[C@@H]2CCCO2)c1. The van der Waals surface area contributed by atoms with Crippen LogP contribution in [-0.4, -0.2) is 33.4 Å². The number of nitrogens with one attached hydrogen (secondary N) is 1. The molecule has 1 N–H and O–H groups in total. The molecule has 3 heterocycles. The Hall–Kier alpha value is -2.51. The largest absolute Gasteiger partial charge is 0.376 e. The lowest BCUT2D eigenvalue weighted by Crippen LogP contribution is -2.15. The highest BCUT2D eigenvalue weighted by molar-refractivity contribution is 9.10. The molecule has 1 fully saturated rings. The summed E-state index contributed by atoms with van der Waals surface area (Å²) in [6.45, 7) is 3.37. The maximum atomic E-state index is 12.7. The fourth-order valence-electron chi connectivity index (χ4n) is 3.33. The number of pyridine rings is 1. The number of hydrogen-bond donors (Lipinski definition) is 1. The fraction of sp³-hybridized carbons (Fsp3) is 0.286. The quantitative estimate of drug-likeness (QED) is 0.636. The third-order valence-corrected chi connectivity index (χ3v) is 5.25. The number of carbonyl (C=O) groups is 1. The number of halogens is 1. The van der Waals surface area contributed by atoms with Crippen LogP contribution in [0, 0.1) is 6.92 Å². The predicted octanol–water partition coefficient (Wildman–Crippen LogP) is 4.45. The van der Waals surface area contributed by atoms with Gasteiger partial charge in [0.05, 0.1) is 41.5 Å². The number of hydrogen-bond acceptors (Lipinski definition) is 4. The van der Waals surface area contributed by atoms with Gasteiger partial charge in [0.1, 0.15) is 0 Å². The molecule has 0 bridgehead atoms. The van der Waals surface area contributed by atoms with Gasteiger partial charge in [0, 0.05) is 22.8 Å². The van der Waals surface area contributed by atoms with Crippen LogP contribution < -0.4 is 5.32 Å². The first kappa shape index (κ1) is 18.8. The third kappa shape index (κ3) is 4.31. The van der Waals surface area contributed by atoms with Crippen molar-refractivity contribution in [3.63, 3.8) is 0 Å². The van der Waals surface area contributed by atoms with E-state index in [9.17, 15) is 4.79 Å². The molecule has 3 aromatic rings. The van der Waals surface area contributed by atoms with Gasteiger partial charge in [-0.1, -0.05) is 28.1 Å². The number of ether oxygens (including phenoxy) is 1. The smallest absolute Gasteiger partial charge is 0.257 e. The molecule has 1 atom stereocenters. The maximum absolute atomic E-state index is 12.7. The first-order chi connectivity index (χ1) is 13.6. The van der Waals surface area contributed by atoms with Crippen molar-refractivity contribution in [3.05, 3.63) is 64.5 Å². The zero-order valence-corrected chi connectivity index (χ0v) is 17.1. The molecule has 0 spiro atoms. The van der Waals surface area contributed by atoms with E-state index in [-0.39, 0.29) is 12.0 Å². The first-order valence-electron chi connectivity index (χ1n) is 9.27. The molecule has 2 aromatic heterocycles. The molecule has 1 saturated heterocycles. The van der Waals surface area contributed by atoms with Crippen molar-refractivity contribution in [1.29, 1.82) is 0 Å². The molecule has 1 aliphatic rings. The van der Waals surface area contributed by atoms with Gasteiger partial charge < -0.3 is 10.1 Å². The molecule has 28 heavy (non-hydrogen) atoms. The highest BCUT2D eigenvalue weighted by atomic mass is 79.9. The molecule has 1 aromatic carbocycles. The number of carbonyl (C=O) groups excluding carboxylic acids is 1. The Morgan fingerprint density at radius 3 is 3.00 bits per heavy atom. The first-order valence-corrected chi connectivity index (χ1v) is 10.1. The van der Waals surface area contributed by atoms with E-state index in [4.69, 9.17) is 4.74 Å². The van der Waals surface area contributed by atoms with Crippen LogP contribution in [0.1, 0.15) is 28.9 Å². The molecule has 1 amide bonds. The second-order valence-corrected chi connectivity index (χ2v) is 7.80. The Morgan fingerprint density at radius 2 is 2.25 bits per heavy atom. The molecular formula is C21H21BrN4O2. The van der Waals surface area contributed by atoms with E-state index in [0.717, 1.165) is 35.2 Å². The lowest BCUT2D eigenvalue weighted by molar-refractivity contribution is 0.0940. The summed E-state index contributed by atoms with van der Waals surface area (Å²) < 4.78 is 8.43. The summed E-state index contributed by atoms with van der Waals surface area (Å²) in [5.41, 5.74) is 3.73. The number of aryl methyl sites for hydroxylation is 1. The second-order valence-electron chi connectivity index (χ2n) is 6.88. The second kappa shape index (κ2) is 8.24. The van der Waals surface area contributed by atoms with E-state index in [2.05, 4.69) is 31.3 Å². The number of nitrogens with zero attached hydrogens (tertiary/aromatic N) is 3. The summed E-state index contributed by atoms with van der Waals surface area (Å²) in [7, 11) is 0. The van der Waals surface area contributed by atoms with Gasteiger partial charge in [-0.05, 0) is 44.0 Å². The van der Waals surface area contributed by atoms with Crippen molar-refractivity contribution >= 4 is 27.5 Å². The molecule has 7 heteroatoms. The van der Waals surface area contributed by atoms with Gasteiger partial charge in [-0.3, -0.25) is 14.5 Å². The summed E-state index contributed by atoms with van der Waals surface area (Å²) >= 11 is 3.47. The van der Waals surface area contributed by atoms with Crippen molar-refractivity contribution < 1.29 is 9.53 Å². The number of aromatic nitrogens is 3. The summed E-state index contributed by atoms with van der Waals surface area (Å²) in [6.07, 6.45) is 5.85. The molecular weight excluding hydrogens is 420 g/mol. The standard InChI is InChI=1S/C21H21BrN4O2/c1-14-19(7-8-20(24-14)15-4-2-5-16(22)10-15)21(27)25-17-11-23-26(12-17)13-18-6-3-9-28-18/h2,4-5,7-8,10-12,18H,3,6,9,13H2,1H3,(H,25,27)/t18-/m0/s1. The van der Waals surface area contributed by atoms with Crippen LogP contribution in [0.25, 0.3) is 11.3 Å². The van der Waals surface area contributed by atoms with E-state index in [1.165, 1.54) is 0 Å². The van der Waals surface area contributed by atoms with Crippen LogP contribution in [0.15, 0.2) is 53.3 Å². The Bertz CT molecular complexity index is 996. The normalized spacial score (nSPS) is 16.3. The molecule has 4 rings (SSSR count). The van der Waals surface area contributed by atoms with Crippen LogP contribution in [0.4, 0.5) is 5.69 Å². The third-order valence-electron chi connectivity index (χ3n) is 4.76. The number of rotatable bonds is 5. The molecule has 0 saturated carbocycles. The molecule has 1 aliphatic heterocycles. The lowest BCUT2D eigenvalue weighted by Gasteiger charge is -2.09. The van der Waals surface area contributed by atoms with Crippen LogP contribution in [0.3, 0.4) is 0 Å². The van der Waals surface area contributed by atoms with Gasteiger partial charge in [-0.2, -0.15) is 5.10 Å². The van der Waals surface area contributed by atoms with E-state index in [0.29, 0.717) is 23.5 Å². The van der Waals surface area contributed by atoms with Gasteiger partial charge >= 0.3 is 0 Å². The lowest BCUT2D eigenvalue weighted by atomic mass is 10.1. The van der Waals surface area contributed by atoms with Crippen molar-refractivity contribution in [1.82, 2.24) is 14.8 Å². The highest BCUT2D eigenvalue weighted by Crippen LogP contribution is 2.23. The Balaban J connectivity index is 1.45. The van der Waals surface area contributed by atoms with Crippen LogP contribution in [-0.2, 0) is 11.3 Å². The maximum Gasteiger partial charge on any atom is 0.257 e. The van der Waals surface area contributed by atoms with Gasteiger partial charge in [0.15, 0.2) is 0 Å². The highest BCUT2D eigenvalue weighted by Gasteiger charge is 2.17. The number of benzene rings is 1. The fourth-order valence-corrected chi connectivity index (χ4v) is 3.73. The van der Waals surface area contributed by atoms with Crippen LogP contribution in [0.5, 0.6) is 0 Å². The number of amides is 1. The summed E-state index contributed by atoms with van der Waals surface area (Å²) in [5.74, 6) is -0.192. The van der Waals surface area contributed by atoms with Crippen molar-refractivity contribution in [2.45, 2.75) is 32.4 Å². The Morgan fingerprint density at radius 1 is 1.36 bits per heavy atom. The van der Waals surface area contributed by atoms with Gasteiger partial charge in [0.2, 0.25) is 0 Å². The van der Waals surface area contributed by atoms with Crippen molar-refractivity contribution in [3.8, 4) is 11.3 Å². The van der Waals surface area contributed by atoms with Gasteiger partial charge in [-0.15, -0.1) is 0 Å². The summed E-state index contributed by atoms with van der Waals surface area (Å²) in [4.78, 5) is 17.3. The minimum atomic E-state index is -0.192. The number of anilines is 1. The Labute approximate surface area is 172 Å². The average Bonchev–Trinajstić information content (AvgIpc) is 3.34. The van der Waals surface area contributed by atoms with Crippen LogP contribution >= 0.6 is 15.9 Å². The monoisotopic (exact) mass is 440 g/mol. The summed E-state index contributed by atoms with van der Waals surface area (Å²) in [5, 5.41) is 7.21. The van der Waals surface area contributed by atoms with E-state index in [1.54, 1.807) is 6.20 Å². The average molecular weight is 441 g/mol. The minimum Gasteiger partial charge on any atom is -0.376 e. The van der Waals surface area contributed by atoms with Crippen molar-refractivity contribution in [2.24, 2.45) is 0 Å². The van der Waals surface area contributed by atoms with Crippen LogP contribution in [0.2, 0.25) is 0 Å². The van der Waals surface area contributed by atoms with Gasteiger partial charge in [0.25, 0.3) is 5.91 Å². The molecule has 144 valence electrons.